The molecule has 2 nitrogen and oxygen atoms in total. The molecule has 1 aromatic heterocycles. The van der Waals surface area contributed by atoms with Crippen molar-refractivity contribution in [3.63, 3.8) is 0 Å². The fourth-order valence-corrected chi connectivity index (χ4v) is 2.99. The van der Waals surface area contributed by atoms with Crippen LogP contribution in [0.4, 0.5) is 0 Å². The van der Waals surface area contributed by atoms with E-state index in [-0.39, 0.29) is 6.04 Å². The first kappa shape index (κ1) is 14.0. The molecule has 0 spiro atoms. The standard InChI is InChI=1S/C13H14BrClN2S/c1-2-16-12(8-13-17-5-6-18-13)9-3-4-11(15)10(14)7-9/h3-7,12,16H,2,8H2,1H3. The third-order valence-corrected chi connectivity index (χ3v) is 4.67. The van der Waals surface area contributed by atoms with Gasteiger partial charge in [0.15, 0.2) is 0 Å². The summed E-state index contributed by atoms with van der Waals surface area (Å²) in [6.07, 6.45) is 2.75. The van der Waals surface area contributed by atoms with Crippen LogP contribution in [0.15, 0.2) is 34.2 Å². The van der Waals surface area contributed by atoms with Gasteiger partial charge in [-0.2, -0.15) is 0 Å². The van der Waals surface area contributed by atoms with Gasteiger partial charge in [0.25, 0.3) is 0 Å². The number of likely N-dealkylation sites (N-methyl/N-ethyl adjacent to an activating group) is 1. The predicted molar refractivity (Wildman–Crippen MR) is 81.4 cm³/mol. The molecule has 1 aromatic carbocycles. The maximum Gasteiger partial charge on any atom is 0.0943 e. The number of rotatable bonds is 5. The van der Waals surface area contributed by atoms with E-state index in [1.807, 2.05) is 17.6 Å². The Hall–Kier alpha value is -0.420. The number of benzene rings is 1. The summed E-state index contributed by atoms with van der Waals surface area (Å²) >= 11 is 11.2. The second-order valence-electron chi connectivity index (χ2n) is 3.91. The quantitative estimate of drug-likeness (QED) is 0.866. The van der Waals surface area contributed by atoms with Crippen LogP contribution in [0.1, 0.15) is 23.5 Å². The van der Waals surface area contributed by atoms with Crippen molar-refractivity contribution >= 4 is 38.9 Å². The van der Waals surface area contributed by atoms with Gasteiger partial charge in [0.05, 0.1) is 10.0 Å². The van der Waals surface area contributed by atoms with Crippen LogP contribution in [-0.4, -0.2) is 11.5 Å². The van der Waals surface area contributed by atoms with Gasteiger partial charge in [0.2, 0.25) is 0 Å². The van der Waals surface area contributed by atoms with Gasteiger partial charge >= 0.3 is 0 Å². The largest absolute Gasteiger partial charge is 0.310 e. The molecule has 0 bridgehead atoms. The molecule has 0 saturated heterocycles. The Bertz CT molecular complexity index is 502. The molecule has 0 aliphatic heterocycles. The topological polar surface area (TPSA) is 24.9 Å². The van der Waals surface area contributed by atoms with E-state index in [4.69, 9.17) is 11.6 Å². The maximum absolute atomic E-state index is 6.03. The summed E-state index contributed by atoms with van der Waals surface area (Å²) < 4.78 is 0.934. The zero-order valence-electron chi connectivity index (χ0n) is 9.99. The number of hydrogen-bond donors (Lipinski definition) is 1. The molecule has 1 N–H and O–H groups in total. The van der Waals surface area contributed by atoms with Gasteiger partial charge in [-0.25, -0.2) is 4.98 Å². The second-order valence-corrected chi connectivity index (χ2v) is 6.15. The molecule has 0 fully saturated rings. The highest BCUT2D eigenvalue weighted by Gasteiger charge is 2.13. The van der Waals surface area contributed by atoms with Gasteiger partial charge in [-0.05, 0) is 40.2 Å². The van der Waals surface area contributed by atoms with Crippen molar-refractivity contribution in [1.29, 1.82) is 0 Å². The van der Waals surface area contributed by atoms with E-state index in [2.05, 4.69) is 45.3 Å². The lowest BCUT2D eigenvalue weighted by molar-refractivity contribution is 0.548. The van der Waals surface area contributed by atoms with Crippen LogP contribution in [0, 0.1) is 0 Å². The molecule has 2 rings (SSSR count). The summed E-state index contributed by atoms with van der Waals surface area (Å²) in [5, 5.41) is 7.38. The zero-order valence-corrected chi connectivity index (χ0v) is 13.1. The minimum atomic E-state index is 0.273. The van der Waals surface area contributed by atoms with Crippen molar-refractivity contribution in [2.45, 2.75) is 19.4 Å². The summed E-state index contributed by atoms with van der Waals surface area (Å²) in [4.78, 5) is 4.34. The molecule has 18 heavy (non-hydrogen) atoms. The molecule has 96 valence electrons. The highest BCUT2D eigenvalue weighted by atomic mass is 79.9. The second kappa shape index (κ2) is 6.66. The molecule has 0 radical (unpaired) electrons. The van der Waals surface area contributed by atoms with Gasteiger partial charge in [0, 0.05) is 28.5 Å². The van der Waals surface area contributed by atoms with Crippen LogP contribution < -0.4 is 5.32 Å². The van der Waals surface area contributed by atoms with E-state index in [0.717, 1.165) is 27.5 Å². The number of halogens is 2. The Kier molecular flexibility index (Phi) is 5.18. The van der Waals surface area contributed by atoms with Crippen molar-refractivity contribution in [3.8, 4) is 0 Å². The third-order valence-electron chi connectivity index (χ3n) is 2.66. The number of hydrogen-bond acceptors (Lipinski definition) is 3. The first-order valence-corrected chi connectivity index (χ1v) is 7.82. The Morgan fingerprint density at radius 3 is 2.94 bits per heavy atom. The van der Waals surface area contributed by atoms with Crippen molar-refractivity contribution in [3.05, 3.63) is 49.8 Å². The molecular weight excluding hydrogens is 332 g/mol. The van der Waals surface area contributed by atoms with Gasteiger partial charge in [-0.15, -0.1) is 11.3 Å². The van der Waals surface area contributed by atoms with Crippen LogP contribution >= 0.6 is 38.9 Å². The van der Waals surface area contributed by atoms with E-state index < -0.39 is 0 Å². The fraction of sp³-hybridized carbons (Fsp3) is 0.308. The lowest BCUT2D eigenvalue weighted by Crippen LogP contribution is -2.22. The average Bonchev–Trinajstić information content (AvgIpc) is 2.85. The van der Waals surface area contributed by atoms with Gasteiger partial charge in [-0.3, -0.25) is 0 Å². The lowest BCUT2D eigenvalue weighted by atomic mass is 10.0. The van der Waals surface area contributed by atoms with Crippen molar-refractivity contribution < 1.29 is 0 Å². The summed E-state index contributed by atoms with van der Waals surface area (Å²) in [5.41, 5.74) is 1.23. The van der Waals surface area contributed by atoms with Crippen molar-refractivity contribution in [2.75, 3.05) is 6.54 Å². The van der Waals surface area contributed by atoms with Crippen molar-refractivity contribution in [2.24, 2.45) is 0 Å². The predicted octanol–water partition coefficient (Wildman–Crippen LogP) is 4.45. The average molecular weight is 346 g/mol. The lowest BCUT2D eigenvalue weighted by Gasteiger charge is -2.17. The SMILES string of the molecule is CCNC(Cc1nccs1)c1ccc(Cl)c(Br)c1. The Labute approximate surface area is 125 Å². The minimum Gasteiger partial charge on any atom is -0.310 e. The molecule has 0 aliphatic rings. The van der Waals surface area contributed by atoms with Crippen LogP contribution in [0.25, 0.3) is 0 Å². The molecule has 0 saturated carbocycles. The van der Waals surface area contributed by atoms with Gasteiger partial charge < -0.3 is 5.32 Å². The van der Waals surface area contributed by atoms with Gasteiger partial charge in [-0.1, -0.05) is 24.6 Å². The van der Waals surface area contributed by atoms with Crippen molar-refractivity contribution in [1.82, 2.24) is 10.3 Å². The van der Waals surface area contributed by atoms with E-state index in [1.54, 1.807) is 11.3 Å². The Morgan fingerprint density at radius 2 is 2.33 bits per heavy atom. The number of thiazole rings is 1. The fourth-order valence-electron chi connectivity index (χ4n) is 1.81. The summed E-state index contributed by atoms with van der Waals surface area (Å²) in [6.45, 7) is 3.04. The highest BCUT2D eigenvalue weighted by Crippen LogP contribution is 2.27. The molecule has 1 heterocycles. The van der Waals surface area contributed by atoms with Crippen LogP contribution in [-0.2, 0) is 6.42 Å². The molecule has 1 atom stereocenters. The van der Waals surface area contributed by atoms with E-state index in [0.29, 0.717) is 0 Å². The Balaban J connectivity index is 2.20. The van der Waals surface area contributed by atoms with Crippen LogP contribution in [0.2, 0.25) is 5.02 Å². The maximum atomic E-state index is 6.03. The monoisotopic (exact) mass is 344 g/mol. The molecule has 0 amide bonds. The minimum absolute atomic E-state index is 0.273. The molecule has 2 aromatic rings. The van der Waals surface area contributed by atoms with E-state index in [1.165, 1.54) is 5.56 Å². The van der Waals surface area contributed by atoms with E-state index in [9.17, 15) is 0 Å². The number of aromatic nitrogens is 1. The zero-order chi connectivity index (χ0) is 13.0. The normalized spacial score (nSPS) is 12.6. The summed E-state index contributed by atoms with van der Waals surface area (Å²) in [6, 6.07) is 6.33. The third kappa shape index (κ3) is 3.54. The smallest absolute Gasteiger partial charge is 0.0943 e. The number of nitrogens with one attached hydrogen (secondary N) is 1. The first-order valence-electron chi connectivity index (χ1n) is 5.77. The van der Waals surface area contributed by atoms with Crippen LogP contribution in [0.5, 0.6) is 0 Å². The Morgan fingerprint density at radius 1 is 1.50 bits per heavy atom. The summed E-state index contributed by atoms with van der Waals surface area (Å²) in [7, 11) is 0. The summed E-state index contributed by atoms with van der Waals surface area (Å²) in [5.74, 6) is 0. The number of nitrogens with zero attached hydrogens (tertiary/aromatic N) is 1. The van der Waals surface area contributed by atoms with Gasteiger partial charge in [0.1, 0.15) is 0 Å². The molecule has 5 heteroatoms. The highest BCUT2D eigenvalue weighted by molar-refractivity contribution is 9.10. The molecule has 1 unspecified atom stereocenters. The van der Waals surface area contributed by atoms with E-state index >= 15 is 0 Å². The van der Waals surface area contributed by atoms with Crippen LogP contribution in [0.3, 0.4) is 0 Å². The molecule has 0 aliphatic carbocycles. The molecular formula is C13H14BrClN2S. The first-order chi connectivity index (χ1) is 8.70.